The van der Waals surface area contributed by atoms with Gasteiger partial charge in [0.15, 0.2) is 17.3 Å². The summed E-state index contributed by atoms with van der Waals surface area (Å²) in [6.45, 7) is 0.0272. The van der Waals surface area contributed by atoms with Gasteiger partial charge in [0.25, 0.3) is 17.0 Å². The summed E-state index contributed by atoms with van der Waals surface area (Å²) in [7, 11) is 0. The van der Waals surface area contributed by atoms with Crippen molar-refractivity contribution >= 4 is 23.6 Å². The van der Waals surface area contributed by atoms with Gasteiger partial charge in [-0.2, -0.15) is 0 Å². The maximum absolute atomic E-state index is 12.2. The minimum Gasteiger partial charge on any atom is -0.485 e. The number of para-hydroxylation sites is 2. The summed E-state index contributed by atoms with van der Waals surface area (Å²) in [6.07, 6.45) is 0.587. The first-order chi connectivity index (χ1) is 13.2. The molecule has 27 heavy (non-hydrogen) atoms. The zero-order valence-electron chi connectivity index (χ0n) is 13.8. The van der Waals surface area contributed by atoms with E-state index in [1.807, 2.05) is 0 Å². The van der Waals surface area contributed by atoms with Gasteiger partial charge in [-0.25, -0.2) is 0 Å². The van der Waals surface area contributed by atoms with Gasteiger partial charge in [0.1, 0.15) is 6.61 Å². The van der Waals surface area contributed by atoms with Crippen LogP contribution in [0.2, 0.25) is 0 Å². The zero-order valence-corrected chi connectivity index (χ0v) is 14.6. The Bertz CT molecular complexity index is 955. The molecule has 2 aromatic heterocycles. The number of ether oxygens (including phenoxy) is 2. The van der Waals surface area contributed by atoms with Crippen LogP contribution in [-0.2, 0) is 9.59 Å². The molecule has 1 aromatic carbocycles. The third-order valence-corrected chi connectivity index (χ3v) is 4.35. The predicted octanol–water partition coefficient (Wildman–Crippen LogP) is 1.90. The molecule has 1 aliphatic rings. The first-order valence-corrected chi connectivity index (χ1v) is 8.90. The smallest absolute Gasteiger partial charge is 0.284 e. The van der Waals surface area contributed by atoms with Crippen LogP contribution in [0, 0.1) is 0 Å². The van der Waals surface area contributed by atoms with Crippen LogP contribution < -0.4 is 14.8 Å². The molecule has 0 saturated carbocycles. The van der Waals surface area contributed by atoms with E-state index >= 15 is 0 Å². The summed E-state index contributed by atoms with van der Waals surface area (Å²) in [5.74, 6) is 0.515. The van der Waals surface area contributed by atoms with Crippen LogP contribution in [0.5, 0.6) is 11.5 Å². The number of furan rings is 1. The Hall–Kier alpha value is -3.27. The molecule has 0 aliphatic carbocycles. The first kappa shape index (κ1) is 17.2. The number of thioether (sulfide) groups is 1. The van der Waals surface area contributed by atoms with Crippen molar-refractivity contribution in [3.63, 3.8) is 0 Å². The summed E-state index contributed by atoms with van der Waals surface area (Å²) in [5.41, 5.74) is 0. The fourth-order valence-corrected chi connectivity index (χ4v) is 2.86. The lowest BCUT2D eigenvalue weighted by Gasteiger charge is -2.25. The SMILES string of the molecule is O=C(CSc1nnc(-c2ccco2)o1)NC(=O)[C@H]1COc2ccccc2O1. The summed E-state index contributed by atoms with van der Waals surface area (Å²) < 4.78 is 21.5. The molecule has 3 heterocycles. The summed E-state index contributed by atoms with van der Waals surface area (Å²) in [6, 6.07) is 10.4. The minimum atomic E-state index is -0.900. The molecule has 0 spiro atoms. The summed E-state index contributed by atoms with van der Waals surface area (Å²) >= 11 is 1.01. The van der Waals surface area contributed by atoms with Gasteiger partial charge in [-0.1, -0.05) is 23.9 Å². The monoisotopic (exact) mass is 387 g/mol. The Balaban J connectivity index is 1.28. The number of nitrogens with one attached hydrogen (secondary N) is 1. The maximum Gasteiger partial charge on any atom is 0.284 e. The van der Waals surface area contributed by atoms with Gasteiger partial charge in [0.05, 0.1) is 12.0 Å². The Morgan fingerprint density at radius 1 is 1.15 bits per heavy atom. The predicted molar refractivity (Wildman–Crippen MR) is 92.2 cm³/mol. The Morgan fingerprint density at radius 3 is 2.81 bits per heavy atom. The normalized spacial score (nSPS) is 15.3. The molecular weight excluding hydrogens is 374 g/mol. The molecule has 1 aliphatic heterocycles. The van der Waals surface area contributed by atoms with E-state index in [1.165, 1.54) is 6.26 Å². The molecule has 1 N–H and O–H groups in total. The number of carbonyl (C=O) groups is 2. The van der Waals surface area contributed by atoms with E-state index < -0.39 is 17.9 Å². The summed E-state index contributed by atoms with van der Waals surface area (Å²) in [5, 5.41) is 10.1. The van der Waals surface area contributed by atoms with E-state index in [1.54, 1.807) is 36.4 Å². The Morgan fingerprint density at radius 2 is 2.00 bits per heavy atom. The lowest BCUT2D eigenvalue weighted by atomic mass is 10.2. The maximum atomic E-state index is 12.2. The number of amides is 2. The highest BCUT2D eigenvalue weighted by Gasteiger charge is 2.28. The molecule has 0 radical (unpaired) electrons. The van der Waals surface area contributed by atoms with Crippen molar-refractivity contribution in [2.24, 2.45) is 0 Å². The van der Waals surface area contributed by atoms with Gasteiger partial charge >= 0.3 is 0 Å². The largest absolute Gasteiger partial charge is 0.485 e. The summed E-state index contributed by atoms with van der Waals surface area (Å²) in [4.78, 5) is 24.2. The van der Waals surface area contributed by atoms with Crippen molar-refractivity contribution < 1.29 is 27.9 Å². The van der Waals surface area contributed by atoms with E-state index in [2.05, 4.69) is 15.5 Å². The van der Waals surface area contributed by atoms with E-state index in [9.17, 15) is 9.59 Å². The van der Waals surface area contributed by atoms with Crippen molar-refractivity contribution in [3.05, 3.63) is 42.7 Å². The topological polar surface area (TPSA) is 117 Å². The number of carbonyl (C=O) groups excluding carboxylic acids is 2. The minimum absolute atomic E-state index is 0.0272. The molecule has 9 nitrogen and oxygen atoms in total. The fourth-order valence-electron chi connectivity index (χ4n) is 2.30. The van der Waals surface area contributed by atoms with Gasteiger partial charge in [0.2, 0.25) is 12.0 Å². The third kappa shape index (κ3) is 3.95. The number of hydrogen-bond donors (Lipinski definition) is 1. The van der Waals surface area contributed by atoms with Crippen LogP contribution in [0.3, 0.4) is 0 Å². The second-order valence-electron chi connectivity index (χ2n) is 5.42. The lowest BCUT2D eigenvalue weighted by Crippen LogP contribution is -2.46. The van der Waals surface area contributed by atoms with E-state index in [0.717, 1.165) is 11.8 Å². The van der Waals surface area contributed by atoms with Gasteiger partial charge in [0, 0.05) is 0 Å². The van der Waals surface area contributed by atoms with Gasteiger partial charge < -0.3 is 18.3 Å². The Labute approximate surface area is 157 Å². The van der Waals surface area contributed by atoms with Crippen LogP contribution >= 0.6 is 11.8 Å². The molecule has 0 bridgehead atoms. The number of hydrogen-bond acceptors (Lipinski definition) is 9. The van der Waals surface area contributed by atoms with Gasteiger partial charge in [-0.15, -0.1) is 10.2 Å². The molecule has 0 saturated heterocycles. The first-order valence-electron chi connectivity index (χ1n) is 7.91. The molecule has 4 rings (SSSR count). The number of imide groups is 1. The second kappa shape index (κ2) is 7.54. The van der Waals surface area contributed by atoms with Crippen molar-refractivity contribution in [2.75, 3.05) is 12.4 Å². The highest BCUT2D eigenvalue weighted by molar-refractivity contribution is 7.99. The number of fused-ring (bicyclic) bond motifs is 1. The van der Waals surface area contributed by atoms with E-state index in [0.29, 0.717) is 17.3 Å². The average Bonchev–Trinajstić information content (AvgIpc) is 3.37. The zero-order chi connectivity index (χ0) is 18.6. The molecule has 1 atom stereocenters. The molecule has 0 unspecified atom stereocenters. The van der Waals surface area contributed by atoms with E-state index in [4.69, 9.17) is 18.3 Å². The Kier molecular flexibility index (Phi) is 4.79. The van der Waals surface area contributed by atoms with Crippen molar-refractivity contribution in [1.29, 1.82) is 0 Å². The van der Waals surface area contributed by atoms with E-state index in [-0.39, 0.29) is 23.5 Å². The van der Waals surface area contributed by atoms with Crippen molar-refractivity contribution in [3.8, 4) is 23.1 Å². The van der Waals surface area contributed by atoms with Gasteiger partial charge in [-0.3, -0.25) is 14.9 Å². The average molecular weight is 387 g/mol. The highest BCUT2D eigenvalue weighted by Crippen LogP contribution is 2.30. The molecular formula is C17H13N3O6S. The second-order valence-corrected chi connectivity index (χ2v) is 6.34. The number of benzene rings is 1. The molecule has 0 fully saturated rings. The van der Waals surface area contributed by atoms with Crippen molar-refractivity contribution in [1.82, 2.24) is 15.5 Å². The van der Waals surface area contributed by atoms with Crippen LogP contribution in [0.15, 0.2) is 56.7 Å². The van der Waals surface area contributed by atoms with Crippen LogP contribution in [0.25, 0.3) is 11.7 Å². The number of aromatic nitrogens is 2. The molecule has 138 valence electrons. The van der Waals surface area contributed by atoms with Crippen LogP contribution in [0.1, 0.15) is 0 Å². The molecule has 3 aromatic rings. The third-order valence-electron chi connectivity index (χ3n) is 3.53. The van der Waals surface area contributed by atoms with Crippen LogP contribution in [-0.4, -0.2) is 40.5 Å². The quantitative estimate of drug-likeness (QED) is 0.655. The fraction of sp³-hybridized carbons (Fsp3) is 0.176. The lowest BCUT2D eigenvalue weighted by molar-refractivity contribution is -0.135. The number of rotatable bonds is 5. The molecule has 10 heteroatoms. The highest BCUT2D eigenvalue weighted by atomic mass is 32.2. The molecule has 2 amide bonds. The van der Waals surface area contributed by atoms with Gasteiger partial charge in [-0.05, 0) is 24.3 Å². The van der Waals surface area contributed by atoms with Crippen LogP contribution in [0.4, 0.5) is 0 Å². The van der Waals surface area contributed by atoms with Crippen molar-refractivity contribution in [2.45, 2.75) is 11.3 Å². The number of nitrogens with zero attached hydrogens (tertiary/aromatic N) is 2. The standard InChI is InChI=1S/C17H13N3O6S/c21-14(9-27-17-20-19-16(26-17)12-6-3-7-23-12)18-15(22)13-8-24-10-4-1-2-5-11(10)25-13/h1-7,13H,8-9H2,(H,18,21,22)/t13-/m1/s1.